The summed E-state index contributed by atoms with van der Waals surface area (Å²) < 4.78 is 191. The molecule has 0 saturated carbocycles. The lowest BCUT2D eigenvalue weighted by Crippen LogP contribution is -1.92. The molecule has 0 bridgehead atoms. The van der Waals surface area contributed by atoms with Crippen molar-refractivity contribution in [2.45, 2.75) is 0 Å². The summed E-state index contributed by atoms with van der Waals surface area (Å²) in [7, 11) is 0. The Labute approximate surface area is 321 Å². The van der Waals surface area contributed by atoms with Gasteiger partial charge in [-0.05, 0) is 129 Å². The van der Waals surface area contributed by atoms with E-state index in [1.807, 2.05) is 42.5 Å². The molecule has 0 aliphatic rings. The number of hydrogen-bond acceptors (Lipinski definition) is 0. The Bertz CT molecular complexity index is 4130. The van der Waals surface area contributed by atoms with Crippen LogP contribution in [0.1, 0.15) is 28.8 Å². The van der Waals surface area contributed by atoms with Gasteiger partial charge in [-0.25, -0.2) is 0 Å². The summed E-state index contributed by atoms with van der Waals surface area (Å²) in [6.45, 7) is 0. The van der Waals surface area contributed by atoms with Crippen LogP contribution in [0.5, 0.6) is 0 Å². The van der Waals surface area contributed by atoms with Crippen LogP contribution in [0.15, 0.2) is 194 Å². The molecule has 0 unspecified atom stereocenters. The van der Waals surface area contributed by atoms with Gasteiger partial charge in [-0.3, -0.25) is 0 Å². The quantitative estimate of drug-likeness (QED) is 0.166. The molecule has 0 aliphatic heterocycles. The second-order valence-electron chi connectivity index (χ2n) is 11.6. The maximum Gasteiger partial charge on any atom is 0.0636 e. The van der Waals surface area contributed by atoms with Gasteiger partial charge in [0, 0.05) is 0 Å². The van der Waals surface area contributed by atoms with Crippen molar-refractivity contribution in [3.8, 4) is 44.5 Å². The van der Waals surface area contributed by atoms with Crippen LogP contribution in [-0.4, -0.2) is 0 Å². The number of benzene rings is 10. The molecule has 0 heterocycles. The Morgan fingerprint density at radius 3 is 1.58 bits per heavy atom. The first kappa shape index (κ1) is 14.5. The van der Waals surface area contributed by atoms with Gasteiger partial charge in [-0.15, -0.1) is 0 Å². The second kappa shape index (κ2) is 11.6. The third-order valence-corrected chi connectivity index (χ3v) is 8.73. The molecule has 10 aromatic carbocycles. The van der Waals surface area contributed by atoms with Crippen LogP contribution in [0.3, 0.4) is 0 Å². The zero-order valence-electron chi connectivity index (χ0n) is 46.9. The lowest BCUT2D eigenvalue weighted by molar-refractivity contribution is 1.62. The fourth-order valence-corrected chi connectivity index (χ4v) is 6.42. The molecule has 0 heteroatoms. The molecule has 0 nitrogen and oxygen atoms in total. The molecule has 232 valence electrons. The second-order valence-corrected chi connectivity index (χ2v) is 11.6. The summed E-state index contributed by atoms with van der Waals surface area (Å²) in [6.07, 6.45) is 0. The summed E-state index contributed by atoms with van der Waals surface area (Å²) in [4.78, 5) is 0. The topological polar surface area (TPSA) is 0 Å². The SMILES string of the molecule is [2H]c1c([2H])c([2H])c2c([2H])c(-c3c([2H])c([2H])c4c(-c5c([2H])c([2H])c6c([2H])c([2H])c([2H])c([2H])c6c5[2H])c5c([2H])c([2H])c([2H])c([2H])c5c(-c5cccc(-c6ccc7ccccc7c6)c5)c4c3[2H])c([2H])c([2H])c2c1[2H]. The van der Waals surface area contributed by atoms with E-state index in [2.05, 4.69) is 0 Å². The number of fused-ring (bicyclic) bond motifs is 5. The largest absolute Gasteiger partial charge is 0.0636 e. The highest BCUT2D eigenvalue weighted by atomic mass is 14.2. The molecule has 0 radical (unpaired) electrons. The van der Waals surface area contributed by atoms with E-state index >= 15 is 0 Å². The molecule has 0 fully saturated rings. The Hall–Kier alpha value is -6.50. The van der Waals surface area contributed by atoms with Gasteiger partial charge in [-0.2, -0.15) is 0 Å². The molecule has 50 heavy (non-hydrogen) atoms. The maximum atomic E-state index is 10.2. The Kier molecular flexibility index (Phi) is 3.37. The fraction of sp³-hybridized carbons (Fsp3) is 0. The van der Waals surface area contributed by atoms with E-state index in [9.17, 15) is 13.7 Å². The van der Waals surface area contributed by atoms with Gasteiger partial charge in [0.2, 0.25) is 0 Å². The minimum absolute atomic E-state index is 0.133. The first-order valence-corrected chi connectivity index (χ1v) is 15.6. The van der Waals surface area contributed by atoms with Crippen LogP contribution in [0, 0.1) is 0 Å². The Morgan fingerprint density at radius 1 is 0.280 bits per heavy atom. The van der Waals surface area contributed by atoms with Crippen molar-refractivity contribution in [3.63, 3.8) is 0 Å². The normalized spacial score (nSPS) is 17.5. The van der Waals surface area contributed by atoms with E-state index in [1.165, 1.54) is 0 Å². The van der Waals surface area contributed by atoms with E-state index in [1.54, 1.807) is 24.3 Å². The van der Waals surface area contributed by atoms with Gasteiger partial charge in [0.15, 0.2) is 0 Å². The van der Waals surface area contributed by atoms with Crippen LogP contribution in [0.4, 0.5) is 0 Å². The molecule has 0 saturated heterocycles. The summed E-state index contributed by atoms with van der Waals surface area (Å²) in [5.74, 6) is 0. The van der Waals surface area contributed by atoms with Crippen LogP contribution < -0.4 is 0 Å². The molecule has 0 N–H and O–H groups in total. The summed E-state index contributed by atoms with van der Waals surface area (Å²) >= 11 is 0. The zero-order valence-corrected chi connectivity index (χ0v) is 25.9. The summed E-state index contributed by atoms with van der Waals surface area (Å²) in [5, 5.41) is -1.74. The van der Waals surface area contributed by atoms with E-state index < -0.39 is 181 Å². The van der Waals surface area contributed by atoms with Gasteiger partial charge in [0.05, 0.1) is 28.8 Å². The van der Waals surface area contributed by atoms with E-state index in [4.69, 9.17) is 15.1 Å². The molecule has 0 aliphatic carbocycles. The lowest BCUT2D eigenvalue weighted by Gasteiger charge is -2.19. The third-order valence-electron chi connectivity index (χ3n) is 8.73. The van der Waals surface area contributed by atoms with E-state index in [0.717, 1.165) is 10.8 Å². The zero-order chi connectivity index (χ0) is 51.3. The van der Waals surface area contributed by atoms with Crippen molar-refractivity contribution in [1.82, 2.24) is 0 Å². The molecule has 10 rings (SSSR count). The van der Waals surface area contributed by atoms with Crippen LogP contribution in [0.2, 0.25) is 0 Å². The maximum absolute atomic E-state index is 10.2. The van der Waals surface area contributed by atoms with Crippen molar-refractivity contribution in [2.24, 2.45) is 0 Å². The van der Waals surface area contributed by atoms with Crippen LogP contribution >= 0.6 is 0 Å². The van der Waals surface area contributed by atoms with E-state index in [-0.39, 0.29) is 21.9 Å². The molecule has 0 atom stereocenters. The first-order chi connectivity index (χ1) is 33.5. The lowest BCUT2D eigenvalue weighted by atomic mass is 9.84. The molecule has 0 spiro atoms. The highest BCUT2D eigenvalue weighted by Gasteiger charge is 2.18. The molecule has 0 amide bonds. The summed E-state index contributed by atoms with van der Waals surface area (Å²) in [5.41, 5.74) is -1.06. The average molecular weight is 654 g/mol. The standard InChI is InChI=1S/C50H32/c1-4-13-36-28-40(23-20-33(36)10-1)39-16-9-17-43(31-39)50-46-19-8-7-18-45(46)49(44-25-22-35-12-3-6-15-38(35)30-44)47-27-26-42(32-48(47)50)41-24-21-34-11-2-5-14-37(34)29-41/h1-32H/i2D,3D,5D,6D,7D,8D,11D,12D,14D,15D,18D,19D,21D,22D,24D,25D,26D,27D,29D,30D,32D. The van der Waals surface area contributed by atoms with Crippen LogP contribution in [0.25, 0.3) is 98.4 Å². The first-order valence-electron chi connectivity index (χ1n) is 26.1. The minimum Gasteiger partial charge on any atom is -0.0616 e. The Balaban J connectivity index is 1.49. The Morgan fingerprint density at radius 2 is 0.820 bits per heavy atom. The molecular formula is C50H32. The van der Waals surface area contributed by atoms with E-state index in [0.29, 0.717) is 11.1 Å². The van der Waals surface area contributed by atoms with Gasteiger partial charge in [-0.1, -0.05) is 163 Å². The molecule has 0 aromatic heterocycles. The minimum atomic E-state index is -0.895. The fourth-order valence-electron chi connectivity index (χ4n) is 6.42. The summed E-state index contributed by atoms with van der Waals surface area (Å²) in [6, 6.07) is 3.75. The monoisotopic (exact) mass is 653 g/mol. The van der Waals surface area contributed by atoms with Gasteiger partial charge >= 0.3 is 0 Å². The number of rotatable bonds is 4. The molecule has 10 aromatic rings. The van der Waals surface area contributed by atoms with Gasteiger partial charge in [0.25, 0.3) is 0 Å². The smallest absolute Gasteiger partial charge is 0.0616 e. The van der Waals surface area contributed by atoms with Crippen molar-refractivity contribution in [2.75, 3.05) is 0 Å². The average Bonchev–Trinajstić information content (AvgIpc) is 3.36. The van der Waals surface area contributed by atoms with Gasteiger partial charge in [0.1, 0.15) is 0 Å². The van der Waals surface area contributed by atoms with Crippen molar-refractivity contribution >= 4 is 53.9 Å². The predicted molar refractivity (Wildman–Crippen MR) is 216 cm³/mol. The van der Waals surface area contributed by atoms with Crippen molar-refractivity contribution < 1.29 is 28.8 Å². The van der Waals surface area contributed by atoms with Crippen LogP contribution in [-0.2, 0) is 0 Å². The van der Waals surface area contributed by atoms with Crippen molar-refractivity contribution in [1.29, 1.82) is 0 Å². The third kappa shape index (κ3) is 4.77. The number of hydrogen-bond donors (Lipinski definition) is 0. The molecular weight excluding hydrogens is 601 g/mol. The van der Waals surface area contributed by atoms with Crippen molar-refractivity contribution in [3.05, 3.63) is 194 Å². The predicted octanol–water partition coefficient (Wildman–Crippen LogP) is 14.1. The highest BCUT2D eigenvalue weighted by molar-refractivity contribution is 6.22. The highest BCUT2D eigenvalue weighted by Crippen LogP contribution is 2.46. The van der Waals surface area contributed by atoms with Gasteiger partial charge < -0.3 is 0 Å².